The van der Waals surface area contributed by atoms with Gasteiger partial charge in [0.2, 0.25) is 0 Å². The van der Waals surface area contributed by atoms with Gasteiger partial charge in [-0.3, -0.25) is 14.7 Å². The minimum absolute atomic E-state index is 0.0626. The molecule has 3 N–H and O–H groups in total. The zero-order valence-corrected chi connectivity index (χ0v) is 20.1. The number of rotatable bonds is 3. The topological polar surface area (TPSA) is 70.4 Å². The van der Waals surface area contributed by atoms with Crippen molar-refractivity contribution in [3.05, 3.63) is 0 Å². The van der Waals surface area contributed by atoms with Gasteiger partial charge in [0.05, 0.1) is 17.8 Å². The largest absolute Gasteiger partial charge is 0.392 e. The van der Waals surface area contributed by atoms with Crippen LogP contribution in [0.4, 0.5) is 0 Å². The van der Waals surface area contributed by atoms with Crippen LogP contribution in [0.15, 0.2) is 0 Å². The van der Waals surface area contributed by atoms with Gasteiger partial charge in [0.25, 0.3) is 0 Å². The predicted molar refractivity (Wildman–Crippen MR) is 121 cm³/mol. The lowest BCUT2D eigenvalue weighted by molar-refractivity contribution is -0.0252. The first-order valence-electron chi connectivity index (χ1n) is 11.7. The van der Waals surface area contributed by atoms with E-state index >= 15 is 0 Å². The summed E-state index contributed by atoms with van der Waals surface area (Å²) in [5.41, 5.74) is -0.442. The third kappa shape index (κ3) is 10.6. The molecule has 3 heterocycles. The van der Waals surface area contributed by atoms with Crippen LogP contribution in [0, 0.1) is 0 Å². The number of hydrogen-bond acceptors (Lipinski definition) is 6. The van der Waals surface area contributed by atoms with E-state index < -0.39 is 5.60 Å². The number of likely N-dealkylation sites (tertiary alicyclic amines) is 3. The third-order valence-corrected chi connectivity index (χ3v) is 6.28. The highest BCUT2D eigenvalue weighted by molar-refractivity contribution is 4.84. The fraction of sp³-hybridized carbons (Fsp3) is 1.00. The Morgan fingerprint density at radius 3 is 1.34 bits per heavy atom. The number of aliphatic hydroxyl groups excluding tert-OH is 2. The Morgan fingerprint density at radius 1 is 0.724 bits per heavy atom. The van der Waals surface area contributed by atoms with Gasteiger partial charge in [0, 0.05) is 50.8 Å². The summed E-state index contributed by atoms with van der Waals surface area (Å²) >= 11 is 0. The number of nitrogens with zero attached hydrogens (tertiary/aromatic N) is 3. The van der Waals surface area contributed by atoms with Gasteiger partial charge in [0.1, 0.15) is 0 Å². The molecule has 3 aliphatic heterocycles. The first-order chi connectivity index (χ1) is 13.4. The molecule has 3 saturated heterocycles. The molecule has 0 aromatic heterocycles. The highest BCUT2D eigenvalue weighted by Gasteiger charge is 2.29. The fourth-order valence-corrected chi connectivity index (χ4v) is 4.17. The van der Waals surface area contributed by atoms with Crippen molar-refractivity contribution >= 4 is 0 Å². The van der Waals surface area contributed by atoms with Crippen molar-refractivity contribution in [3.8, 4) is 0 Å². The summed E-state index contributed by atoms with van der Waals surface area (Å²) in [6.07, 6.45) is 3.87. The molecule has 0 radical (unpaired) electrons. The van der Waals surface area contributed by atoms with Crippen molar-refractivity contribution in [1.29, 1.82) is 0 Å². The maximum absolute atomic E-state index is 9.75. The van der Waals surface area contributed by atoms with Crippen molar-refractivity contribution in [2.75, 3.05) is 39.3 Å². The number of hydrogen-bond donors (Lipinski definition) is 3. The molecular weight excluding hydrogens is 366 g/mol. The lowest BCUT2D eigenvalue weighted by Crippen LogP contribution is -2.48. The Bertz CT molecular complexity index is 419. The van der Waals surface area contributed by atoms with Crippen LogP contribution < -0.4 is 0 Å². The van der Waals surface area contributed by atoms with E-state index in [1.807, 2.05) is 6.92 Å². The summed E-state index contributed by atoms with van der Waals surface area (Å²) in [6.45, 7) is 20.8. The van der Waals surface area contributed by atoms with Crippen LogP contribution in [0.25, 0.3) is 0 Å². The van der Waals surface area contributed by atoms with Crippen LogP contribution in [0.3, 0.4) is 0 Å². The average molecular weight is 416 g/mol. The third-order valence-electron chi connectivity index (χ3n) is 6.28. The maximum atomic E-state index is 9.75. The molecule has 174 valence electrons. The average Bonchev–Trinajstić information content (AvgIpc) is 3.24. The number of aliphatic hydroxyl groups is 3. The van der Waals surface area contributed by atoms with Gasteiger partial charge in [-0.05, 0) is 80.7 Å². The first-order valence-corrected chi connectivity index (χ1v) is 11.7. The van der Waals surface area contributed by atoms with Crippen molar-refractivity contribution in [2.45, 2.75) is 110 Å². The zero-order chi connectivity index (χ0) is 22.2. The highest BCUT2D eigenvalue weighted by Crippen LogP contribution is 2.21. The zero-order valence-electron chi connectivity index (χ0n) is 20.1. The minimum Gasteiger partial charge on any atom is -0.392 e. The summed E-state index contributed by atoms with van der Waals surface area (Å²) in [6, 6.07) is 1.77. The molecule has 29 heavy (non-hydrogen) atoms. The predicted octanol–water partition coefficient (Wildman–Crippen LogP) is 2.16. The molecule has 6 heteroatoms. The van der Waals surface area contributed by atoms with E-state index in [-0.39, 0.29) is 12.2 Å². The van der Waals surface area contributed by atoms with Crippen LogP contribution in [-0.2, 0) is 0 Å². The monoisotopic (exact) mass is 415 g/mol. The summed E-state index contributed by atoms with van der Waals surface area (Å²) in [5, 5.41) is 28.0. The molecule has 0 amide bonds. The van der Waals surface area contributed by atoms with E-state index in [0.717, 1.165) is 65.0 Å². The lowest BCUT2D eigenvalue weighted by Gasteiger charge is -2.39. The van der Waals surface area contributed by atoms with Crippen LogP contribution >= 0.6 is 0 Å². The second-order valence-corrected chi connectivity index (χ2v) is 10.2. The molecule has 3 rings (SSSR count). The molecule has 0 unspecified atom stereocenters. The minimum atomic E-state index is -0.442. The van der Waals surface area contributed by atoms with E-state index in [2.05, 4.69) is 56.2 Å². The summed E-state index contributed by atoms with van der Waals surface area (Å²) in [7, 11) is 0. The molecule has 0 aliphatic carbocycles. The van der Waals surface area contributed by atoms with Gasteiger partial charge in [-0.1, -0.05) is 0 Å². The summed E-state index contributed by atoms with van der Waals surface area (Å²) in [4.78, 5) is 6.93. The van der Waals surface area contributed by atoms with Crippen LogP contribution in [0.5, 0.6) is 0 Å². The van der Waals surface area contributed by atoms with Crippen LogP contribution in [0.2, 0.25) is 0 Å². The van der Waals surface area contributed by atoms with E-state index in [0.29, 0.717) is 18.1 Å². The van der Waals surface area contributed by atoms with E-state index in [9.17, 15) is 5.11 Å². The van der Waals surface area contributed by atoms with Gasteiger partial charge in [-0.2, -0.15) is 0 Å². The molecule has 0 bridgehead atoms. The van der Waals surface area contributed by atoms with Crippen molar-refractivity contribution in [2.24, 2.45) is 0 Å². The molecule has 6 nitrogen and oxygen atoms in total. The molecule has 0 aromatic rings. The van der Waals surface area contributed by atoms with E-state index in [1.54, 1.807) is 0 Å². The normalized spacial score (nSPS) is 31.8. The van der Waals surface area contributed by atoms with Gasteiger partial charge in [-0.25, -0.2) is 0 Å². The van der Waals surface area contributed by atoms with Crippen molar-refractivity contribution in [1.82, 2.24) is 14.7 Å². The van der Waals surface area contributed by atoms with Crippen molar-refractivity contribution < 1.29 is 15.3 Å². The van der Waals surface area contributed by atoms with Crippen molar-refractivity contribution in [3.63, 3.8) is 0 Å². The Kier molecular flexibility index (Phi) is 11.6. The second kappa shape index (κ2) is 12.6. The van der Waals surface area contributed by atoms with E-state index in [4.69, 9.17) is 10.2 Å². The molecule has 0 spiro atoms. The summed E-state index contributed by atoms with van der Waals surface area (Å²) < 4.78 is 0. The van der Waals surface area contributed by atoms with E-state index in [1.165, 1.54) is 0 Å². The SMILES string of the molecule is CC(C)N1CCC[C@@](C)(O)C1.CC(C)N1CC[C@@H](O)C1.CC(C)N1CC[C@H](O)C1. The second-order valence-electron chi connectivity index (χ2n) is 10.2. The number of β-amino-alcohol motifs (C(OH)–C–C–N with tert-alkyl or cyclic N) is 3. The molecular formula is C23H49N3O3. The molecule has 0 aromatic carbocycles. The van der Waals surface area contributed by atoms with Crippen LogP contribution in [-0.4, -0.2) is 105 Å². The standard InChI is InChI=1S/C9H19NO.2C7H15NO/c1-8(2)10-6-4-5-9(3,11)7-10;2*1-6(2)8-4-3-7(9)5-8/h8,11H,4-7H2,1-3H3;2*6-7,9H,3-5H2,1-2H3/t9-;2*7-/m110/s1. The Balaban J connectivity index is 0.000000219. The van der Waals surface area contributed by atoms with Gasteiger partial charge in [-0.15, -0.1) is 0 Å². The van der Waals surface area contributed by atoms with Crippen LogP contribution in [0.1, 0.15) is 74.1 Å². The highest BCUT2D eigenvalue weighted by atomic mass is 16.3. The molecule has 3 aliphatic rings. The lowest BCUT2D eigenvalue weighted by atomic mass is 9.94. The Labute approximate surface area is 179 Å². The smallest absolute Gasteiger partial charge is 0.0746 e. The molecule has 0 saturated carbocycles. The van der Waals surface area contributed by atoms with Gasteiger partial charge < -0.3 is 15.3 Å². The quantitative estimate of drug-likeness (QED) is 0.656. The molecule has 3 atom stereocenters. The summed E-state index contributed by atoms with van der Waals surface area (Å²) in [5.74, 6) is 0. The first kappa shape index (κ1) is 26.8. The fourth-order valence-electron chi connectivity index (χ4n) is 4.17. The Hall–Kier alpha value is -0.240. The Morgan fingerprint density at radius 2 is 1.14 bits per heavy atom. The maximum Gasteiger partial charge on any atom is 0.0746 e. The van der Waals surface area contributed by atoms with Gasteiger partial charge in [0.15, 0.2) is 0 Å². The molecule has 3 fully saturated rings. The van der Waals surface area contributed by atoms with Gasteiger partial charge >= 0.3 is 0 Å². The number of piperidine rings is 1.